The van der Waals surface area contributed by atoms with Gasteiger partial charge in [0.15, 0.2) is 5.69 Å². The number of benzene rings is 1. The van der Waals surface area contributed by atoms with Crippen molar-refractivity contribution in [1.29, 1.82) is 0 Å². The van der Waals surface area contributed by atoms with E-state index in [4.69, 9.17) is 0 Å². The highest BCUT2D eigenvalue weighted by Gasteiger charge is 2.28. The number of amides is 2. The molecular formula is C17H21N5O5S. The summed E-state index contributed by atoms with van der Waals surface area (Å²) in [6.07, 6.45) is 0.467. The molecule has 28 heavy (non-hydrogen) atoms. The van der Waals surface area contributed by atoms with Crippen LogP contribution < -0.4 is 16.4 Å². The third kappa shape index (κ3) is 4.04. The molecule has 1 aromatic heterocycles. The van der Waals surface area contributed by atoms with Gasteiger partial charge in [0.05, 0.1) is 11.1 Å². The number of carbonyl (C=O) groups is 2. The van der Waals surface area contributed by atoms with Crippen LogP contribution in [0, 0.1) is 0 Å². The maximum Gasteiger partial charge on any atom is 0.290 e. The minimum Gasteiger partial charge on any atom is -0.273 e. The first kappa shape index (κ1) is 20.0. The third-order valence-corrected chi connectivity index (χ3v) is 6.45. The van der Waals surface area contributed by atoms with E-state index >= 15 is 0 Å². The van der Waals surface area contributed by atoms with Gasteiger partial charge in [0, 0.05) is 31.4 Å². The van der Waals surface area contributed by atoms with Gasteiger partial charge < -0.3 is 0 Å². The average Bonchev–Trinajstić information content (AvgIpc) is 3.03. The number of aryl methyl sites for hydroxylation is 1. The Morgan fingerprint density at radius 2 is 1.89 bits per heavy atom. The van der Waals surface area contributed by atoms with Crippen LogP contribution in [0.25, 0.3) is 10.8 Å². The maximum absolute atomic E-state index is 12.5. The van der Waals surface area contributed by atoms with Gasteiger partial charge in [-0.2, -0.15) is 5.10 Å². The van der Waals surface area contributed by atoms with Crippen LogP contribution in [0.3, 0.4) is 0 Å². The van der Waals surface area contributed by atoms with Crippen LogP contribution in [0.4, 0.5) is 0 Å². The first-order chi connectivity index (χ1) is 13.3. The molecule has 2 aromatic rings. The van der Waals surface area contributed by atoms with Crippen LogP contribution >= 0.6 is 0 Å². The standard InChI is InChI=1S/C17H21N5O5S/c1-2-22-17(25)13-7-4-3-6-12(13)15(20-22)16(24)19-18-14(23)8-10-21-9-5-11-28(21,26)27/h3-4,6-7H,2,5,8-11H2,1H3,(H,18,23)(H,19,24). The van der Waals surface area contributed by atoms with Crippen LogP contribution in [-0.2, 0) is 21.4 Å². The quantitative estimate of drug-likeness (QED) is 0.649. The summed E-state index contributed by atoms with van der Waals surface area (Å²) in [5, 5.41) is 4.82. The smallest absolute Gasteiger partial charge is 0.273 e. The summed E-state index contributed by atoms with van der Waals surface area (Å²) in [5.74, 6) is -1.10. The number of nitrogens with one attached hydrogen (secondary N) is 2. The Balaban J connectivity index is 1.67. The molecule has 2 heterocycles. The number of hydrazine groups is 1. The average molecular weight is 407 g/mol. The fourth-order valence-electron chi connectivity index (χ4n) is 3.03. The number of hydrogen-bond donors (Lipinski definition) is 2. The third-order valence-electron chi connectivity index (χ3n) is 4.49. The largest absolute Gasteiger partial charge is 0.290 e. The lowest BCUT2D eigenvalue weighted by Crippen LogP contribution is -2.44. The van der Waals surface area contributed by atoms with Crippen LogP contribution in [0.2, 0.25) is 0 Å². The van der Waals surface area contributed by atoms with Gasteiger partial charge in [-0.25, -0.2) is 17.4 Å². The highest BCUT2D eigenvalue weighted by atomic mass is 32.2. The molecule has 0 atom stereocenters. The van der Waals surface area contributed by atoms with Crippen molar-refractivity contribution in [1.82, 2.24) is 24.9 Å². The topological polar surface area (TPSA) is 130 Å². The first-order valence-electron chi connectivity index (χ1n) is 8.90. The molecule has 10 nitrogen and oxygen atoms in total. The molecule has 0 aliphatic carbocycles. The molecular weight excluding hydrogens is 386 g/mol. The molecule has 1 aliphatic rings. The maximum atomic E-state index is 12.5. The molecule has 3 rings (SSSR count). The Labute approximate surface area is 161 Å². The monoisotopic (exact) mass is 407 g/mol. The zero-order valence-electron chi connectivity index (χ0n) is 15.3. The summed E-state index contributed by atoms with van der Waals surface area (Å²) in [6, 6.07) is 6.60. The van der Waals surface area contributed by atoms with Gasteiger partial charge in [0.25, 0.3) is 11.5 Å². The molecule has 1 aromatic carbocycles. The Morgan fingerprint density at radius 3 is 2.54 bits per heavy atom. The van der Waals surface area contributed by atoms with Crippen LogP contribution in [0.5, 0.6) is 0 Å². The second-order valence-corrected chi connectivity index (χ2v) is 8.42. The van der Waals surface area contributed by atoms with Gasteiger partial charge in [0.2, 0.25) is 15.9 Å². The molecule has 0 bridgehead atoms. The lowest BCUT2D eigenvalue weighted by atomic mass is 10.1. The SMILES string of the molecule is CCn1nc(C(=O)NNC(=O)CCN2CCCS2(=O)=O)c2ccccc2c1=O. The number of aromatic nitrogens is 2. The molecule has 11 heteroatoms. The van der Waals surface area contributed by atoms with Crippen molar-refractivity contribution in [2.45, 2.75) is 26.3 Å². The summed E-state index contributed by atoms with van der Waals surface area (Å²) in [5.41, 5.74) is 4.25. The summed E-state index contributed by atoms with van der Waals surface area (Å²) in [6.45, 7) is 2.49. The summed E-state index contributed by atoms with van der Waals surface area (Å²) in [4.78, 5) is 36.8. The zero-order valence-corrected chi connectivity index (χ0v) is 16.2. The van der Waals surface area contributed by atoms with E-state index < -0.39 is 21.8 Å². The van der Waals surface area contributed by atoms with E-state index in [2.05, 4.69) is 16.0 Å². The summed E-state index contributed by atoms with van der Waals surface area (Å²) >= 11 is 0. The molecule has 1 aliphatic heterocycles. The number of fused-ring (bicyclic) bond motifs is 1. The minimum atomic E-state index is -3.27. The van der Waals surface area contributed by atoms with Crippen molar-refractivity contribution < 1.29 is 18.0 Å². The Kier molecular flexibility index (Phi) is 5.75. The molecule has 0 radical (unpaired) electrons. The number of nitrogens with zero attached hydrogens (tertiary/aromatic N) is 3. The van der Waals surface area contributed by atoms with Gasteiger partial charge in [0.1, 0.15) is 0 Å². The van der Waals surface area contributed by atoms with Crippen molar-refractivity contribution in [3.63, 3.8) is 0 Å². The Bertz CT molecular complexity index is 1080. The normalized spacial score (nSPS) is 16.2. The van der Waals surface area contributed by atoms with Crippen molar-refractivity contribution in [3.05, 3.63) is 40.3 Å². The van der Waals surface area contributed by atoms with E-state index in [1.54, 1.807) is 31.2 Å². The molecule has 0 saturated carbocycles. The summed E-state index contributed by atoms with van der Waals surface area (Å²) < 4.78 is 25.9. The van der Waals surface area contributed by atoms with Crippen molar-refractivity contribution >= 4 is 32.6 Å². The number of rotatable bonds is 5. The van der Waals surface area contributed by atoms with Crippen molar-refractivity contribution in [2.75, 3.05) is 18.8 Å². The second-order valence-electron chi connectivity index (χ2n) is 6.34. The molecule has 1 saturated heterocycles. The van der Waals surface area contributed by atoms with Gasteiger partial charge in [-0.1, -0.05) is 18.2 Å². The molecule has 0 spiro atoms. The van der Waals surface area contributed by atoms with Gasteiger partial charge in [-0.15, -0.1) is 0 Å². The fourth-order valence-corrected chi connectivity index (χ4v) is 4.56. The van der Waals surface area contributed by atoms with Crippen molar-refractivity contribution in [3.8, 4) is 0 Å². The van der Waals surface area contributed by atoms with E-state index in [-0.39, 0.29) is 30.0 Å². The zero-order chi connectivity index (χ0) is 20.3. The van der Waals surface area contributed by atoms with Crippen molar-refractivity contribution in [2.24, 2.45) is 0 Å². The number of hydrogen-bond acceptors (Lipinski definition) is 6. The molecule has 150 valence electrons. The fraction of sp³-hybridized carbons (Fsp3) is 0.412. The summed E-state index contributed by atoms with van der Waals surface area (Å²) in [7, 11) is -3.27. The lowest BCUT2D eigenvalue weighted by molar-refractivity contribution is -0.121. The molecule has 0 unspecified atom stereocenters. The predicted molar refractivity (Wildman–Crippen MR) is 102 cm³/mol. The van der Waals surface area contributed by atoms with Gasteiger partial charge in [-0.3, -0.25) is 25.2 Å². The highest BCUT2D eigenvalue weighted by Crippen LogP contribution is 2.14. The van der Waals surface area contributed by atoms with E-state index in [9.17, 15) is 22.8 Å². The molecule has 1 fully saturated rings. The predicted octanol–water partition coefficient (Wildman–Crippen LogP) is -0.397. The number of sulfonamides is 1. The van der Waals surface area contributed by atoms with Gasteiger partial charge >= 0.3 is 0 Å². The Hall–Kier alpha value is -2.79. The Morgan fingerprint density at radius 1 is 1.18 bits per heavy atom. The van der Waals surface area contributed by atoms with Crippen LogP contribution in [0.1, 0.15) is 30.3 Å². The van der Waals surface area contributed by atoms with Gasteiger partial charge in [-0.05, 0) is 19.4 Å². The van der Waals surface area contributed by atoms with Crippen LogP contribution in [0.15, 0.2) is 29.1 Å². The minimum absolute atomic E-state index is 0.0134. The second kappa shape index (κ2) is 8.07. The number of carbonyl (C=O) groups excluding carboxylic acids is 2. The van der Waals surface area contributed by atoms with E-state index in [0.29, 0.717) is 30.3 Å². The lowest BCUT2D eigenvalue weighted by Gasteiger charge is -2.14. The molecule has 2 amide bonds. The van der Waals surface area contributed by atoms with Crippen LogP contribution in [-0.4, -0.2) is 53.2 Å². The molecule has 2 N–H and O–H groups in total. The first-order valence-corrected chi connectivity index (χ1v) is 10.5. The van der Waals surface area contributed by atoms with E-state index in [0.717, 1.165) is 0 Å². The van der Waals surface area contributed by atoms with E-state index in [1.807, 2.05) is 0 Å². The van der Waals surface area contributed by atoms with E-state index in [1.165, 1.54) is 8.99 Å². The highest BCUT2D eigenvalue weighted by molar-refractivity contribution is 7.89.